The number of carbonyl (C=O) groups is 1. The molecular formula is C17H23N2O. The van der Waals surface area contributed by atoms with E-state index in [2.05, 4.69) is 11.0 Å². The predicted octanol–water partition coefficient (Wildman–Crippen LogP) is 2.45. The molecule has 2 aliphatic rings. The van der Waals surface area contributed by atoms with Crippen LogP contribution >= 0.6 is 0 Å². The normalized spacial score (nSPS) is 24.3. The van der Waals surface area contributed by atoms with E-state index in [1.54, 1.807) is 0 Å². The quantitative estimate of drug-likeness (QED) is 0.918. The van der Waals surface area contributed by atoms with Gasteiger partial charge in [0.15, 0.2) is 0 Å². The molecule has 1 amide bonds. The fraction of sp³-hybridized carbons (Fsp3) is 0.588. The van der Waals surface area contributed by atoms with Crippen LogP contribution in [0.2, 0.25) is 0 Å². The summed E-state index contributed by atoms with van der Waals surface area (Å²) in [7, 11) is 0. The minimum Gasteiger partial charge on any atom is -0.368 e. The lowest BCUT2D eigenvalue weighted by Crippen LogP contribution is -2.44. The lowest BCUT2D eigenvalue weighted by atomic mass is 9.86. The molecule has 1 unspecified atom stereocenters. The van der Waals surface area contributed by atoms with Gasteiger partial charge in [-0.3, -0.25) is 9.69 Å². The number of carbonyl (C=O) groups excluding carboxylic acids is 1. The zero-order chi connectivity index (χ0) is 13.9. The first-order valence-corrected chi connectivity index (χ1v) is 7.78. The third-order valence-corrected chi connectivity index (χ3v) is 4.80. The average Bonchev–Trinajstić information content (AvgIpc) is 2.47. The van der Waals surface area contributed by atoms with Crippen molar-refractivity contribution in [3.8, 4) is 0 Å². The molecule has 0 bridgehead atoms. The number of hydrogen-bond donors (Lipinski definition) is 1. The maximum Gasteiger partial charge on any atom is 0.239 e. The third-order valence-electron chi connectivity index (χ3n) is 4.80. The molecule has 0 spiro atoms. The fourth-order valence-electron chi connectivity index (χ4n) is 3.78. The molecule has 0 aromatic heterocycles. The van der Waals surface area contributed by atoms with Crippen molar-refractivity contribution in [3.05, 3.63) is 35.4 Å². The SMILES string of the molecule is NC(=O)C1c2cc[c]cc2CCN1CC1CCCCC1. The molecule has 1 atom stereocenters. The van der Waals surface area contributed by atoms with Crippen molar-refractivity contribution < 1.29 is 4.79 Å². The van der Waals surface area contributed by atoms with Gasteiger partial charge in [0.05, 0.1) is 0 Å². The number of primary amides is 1. The Bertz CT molecular complexity index is 480. The van der Waals surface area contributed by atoms with E-state index >= 15 is 0 Å². The van der Waals surface area contributed by atoms with Crippen LogP contribution in [0.5, 0.6) is 0 Å². The number of nitrogens with two attached hydrogens (primary N) is 1. The van der Waals surface area contributed by atoms with Gasteiger partial charge in [-0.1, -0.05) is 37.5 Å². The smallest absolute Gasteiger partial charge is 0.239 e. The Hall–Kier alpha value is -1.35. The maximum atomic E-state index is 11.9. The molecule has 1 aromatic rings. The van der Waals surface area contributed by atoms with E-state index in [1.165, 1.54) is 37.7 Å². The Morgan fingerprint density at radius 3 is 2.90 bits per heavy atom. The van der Waals surface area contributed by atoms with Gasteiger partial charge in [-0.25, -0.2) is 0 Å². The van der Waals surface area contributed by atoms with E-state index < -0.39 is 0 Å². The largest absolute Gasteiger partial charge is 0.368 e. The van der Waals surface area contributed by atoms with Gasteiger partial charge in [-0.05, 0) is 42.4 Å². The Morgan fingerprint density at radius 2 is 2.15 bits per heavy atom. The molecule has 2 N–H and O–H groups in total. The molecule has 107 valence electrons. The highest BCUT2D eigenvalue weighted by molar-refractivity contribution is 5.82. The van der Waals surface area contributed by atoms with Crippen LogP contribution in [0.4, 0.5) is 0 Å². The second kappa shape index (κ2) is 5.96. The highest BCUT2D eigenvalue weighted by atomic mass is 16.1. The highest BCUT2D eigenvalue weighted by Crippen LogP contribution is 2.32. The Morgan fingerprint density at radius 1 is 1.35 bits per heavy atom. The van der Waals surface area contributed by atoms with E-state index in [1.807, 2.05) is 18.2 Å². The van der Waals surface area contributed by atoms with Crippen molar-refractivity contribution in [2.75, 3.05) is 13.1 Å². The van der Waals surface area contributed by atoms with Crippen LogP contribution in [0.1, 0.15) is 49.3 Å². The van der Waals surface area contributed by atoms with Gasteiger partial charge >= 0.3 is 0 Å². The van der Waals surface area contributed by atoms with Crippen LogP contribution in [0, 0.1) is 12.0 Å². The summed E-state index contributed by atoms with van der Waals surface area (Å²) in [5.74, 6) is 0.524. The first-order chi connectivity index (χ1) is 9.75. The topological polar surface area (TPSA) is 46.3 Å². The molecule has 3 heteroatoms. The van der Waals surface area contributed by atoms with Crippen molar-refractivity contribution >= 4 is 5.91 Å². The predicted molar refractivity (Wildman–Crippen MR) is 79.1 cm³/mol. The number of benzene rings is 1. The number of rotatable bonds is 3. The summed E-state index contributed by atoms with van der Waals surface area (Å²) in [6.45, 7) is 1.96. The van der Waals surface area contributed by atoms with Crippen LogP contribution in [0.3, 0.4) is 0 Å². The number of amides is 1. The average molecular weight is 271 g/mol. The van der Waals surface area contributed by atoms with E-state index in [0.29, 0.717) is 0 Å². The Balaban J connectivity index is 1.79. The molecule has 3 nitrogen and oxygen atoms in total. The van der Waals surface area contributed by atoms with Gasteiger partial charge in [0.2, 0.25) is 5.91 Å². The summed E-state index contributed by atoms with van der Waals surface area (Å²) in [5, 5.41) is 0. The number of hydrogen-bond acceptors (Lipinski definition) is 2. The molecule has 1 aliphatic carbocycles. The first kappa shape index (κ1) is 13.6. The van der Waals surface area contributed by atoms with Crippen molar-refractivity contribution in [2.24, 2.45) is 11.7 Å². The summed E-state index contributed by atoms with van der Waals surface area (Å²) >= 11 is 0. The van der Waals surface area contributed by atoms with Gasteiger partial charge in [-0.15, -0.1) is 0 Å². The fourth-order valence-corrected chi connectivity index (χ4v) is 3.78. The van der Waals surface area contributed by atoms with Crippen LogP contribution < -0.4 is 5.73 Å². The van der Waals surface area contributed by atoms with Gasteiger partial charge in [0, 0.05) is 13.1 Å². The minimum absolute atomic E-state index is 0.215. The molecule has 1 fully saturated rings. The summed E-state index contributed by atoms with van der Waals surface area (Å²) in [6.07, 6.45) is 7.66. The zero-order valence-electron chi connectivity index (χ0n) is 12.0. The molecule has 1 radical (unpaired) electrons. The number of nitrogens with zero attached hydrogens (tertiary/aromatic N) is 1. The minimum atomic E-state index is -0.240. The monoisotopic (exact) mass is 271 g/mol. The van der Waals surface area contributed by atoms with E-state index in [0.717, 1.165) is 31.0 Å². The summed E-state index contributed by atoms with van der Waals surface area (Å²) in [6, 6.07) is 8.77. The number of fused-ring (bicyclic) bond motifs is 1. The molecular weight excluding hydrogens is 248 g/mol. The molecule has 3 rings (SSSR count). The lowest BCUT2D eigenvalue weighted by Gasteiger charge is -2.38. The van der Waals surface area contributed by atoms with E-state index in [4.69, 9.17) is 5.73 Å². The van der Waals surface area contributed by atoms with E-state index in [-0.39, 0.29) is 11.9 Å². The van der Waals surface area contributed by atoms with Crippen LogP contribution in [-0.2, 0) is 11.2 Å². The summed E-state index contributed by atoms with van der Waals surface area (Å²) < 4.78 is 0. The first-order valence-electron chi connectivity index (χ1n) is 7.78. The Kier molecular flexibility index (Phi) is 4.06. The van der Waals surface area contributed by atoms with Crippen molar-refractivity contribution in [1.82, 2.24) is 4.90 Å². The lowest BCUT2D eigenvalue weighted by molar-refractivity contribution is -0.124. The Labute approximate surface area is 121 Å². The third kappa shape index (κ3) is 2.73. The van der Waals surface area contributed by atoms with Crippen LogP contribution in [-0.4, -0.2) is 23.9 Å². The van der Waals surface area contributed by atoms with Crippen LogP contribution in [0.15, 0.2) is 18.2 Å². The molecule has 20 heavy (non-hydrogen) atoms. The van der Waals surface area contributed by atoms with E-state index in [9.17, 15) is 4.79 Å². The van der Waals surface area contributed by atoms with Gasteiger partial charge < -0.3 is 5.73 Å². The second-order valence-corrected chi connectivity index (χ2v) is 6.18. The molecule has 1 saturated carbocycles. The van der Waals surface area contributed by atoms with Crippen molar-refractivity contribution in [1.29, 1.82) is 0 Å². The van der Waals surface area contributed by atoms with Gasteiger partial charge in [0.1, 0.15) is 6.04 Å². The molecule has 1 heterocycles. The molecule has 1 aromatic carbocycles. The van der Waals surface area contributed by atoms with Gasteiger partial charge in [0.25, 0.3) is 0 Å². The highest BCUT2D eigenvalue weighted by Gasteiger charge is 2.32. The van der Waals surface area contributed by atoms with Crippen molar-refractivity contribution in [2.45, 2.75) is 44.6 Å². The van der Waals surface area contributed by atoms with Gasteiger partial charge in [-0.2, -0.15) is 0 Å². The molecule has 1 aliphatic heterocycles. The summed E-state index contributed by atoms with van der Waals surface area (Å²) in [5.41, 5.74) is 8.01. The maximum absolute atomic E-state index is 11.9. The second-order valence-electron chi connectivity index (χ2n) is 6.18. The molecule has 0 saturated heterocycles. The van der Waals surface area contributed by atoms with Crippen LogP contribution in [0.25, 0.3) is 0 Å². The van der Waals surface area contributed by atoms with Crippen molar-refractivity contribution in [3.63, 3.8) is 0 Å². The zero-order valence-corrected chi connectivity index (χ0v) is 12.0. The summed E-state index contributed by atoms with van der Waals surface area (Å²) in [4.78, 5) is 14.2. The standard InChI is InChI=1S/C17H23N2O/c18-17(20)16-15-9-5-4-8-14(15)10-11-19(16)12-13-6-2-1-3-7-13/h5,8-9,13,16H,1-3,6-7,10-12H2,(H2,18,20).